The molecule has 0 saturated heterocycles. The Morgan fingerprint density at radius 1 is 0.927 bits per heavy atom. The van der Waals surface area contributed by atoms with Gasteiger partial charge in [0.15, 0.2) is 5.65 Å². The number of amides is 3. The number of benzene rings is 2. The minimum Gasteiger partial charge on any atom is -0.353 e. The lowest BCUT2D eigenvalue weighted by atomic mass is 10.1. The largest absolute Gasteiger partial charge is 0.353 e. The van der Waals surface area contributed by atoms with Crippen molar-refractivity contribution in [2.24, 2.45) is 0 Å². The molecule has 4 rings (SSSR count). The van der Waals surface area contributed by atoms with E-state index in [4.69, 9.17) is 9.97 Å². The number of nitrogens with zero attached hydrogens (tertiary/aromatic N) is 3. The van der Waals surface area contributed by atoms with Crippen LogP contribution in [-0.4, -0.2) is 48.0 Å². The van der Waals surface area contributed by atoms with Gasteiger partial charge in [-0.1, -0.05) is 36.8 Å². The maximum atomic E-state index is 12.4. The van der Waals surface area contributed by atoms with Crippen molar-refractivity contribution in [2.45, 2.75) is 45.4 Å². The molecular weight excluding hydrogens is 540 g/mol. The van der Waals surface area contributed by atoms with Crippen LogP contribution in [0.1, 0.15) is 41.6 Å². The molecule has 214 valence electrons. The maximum Gasteiger partial charge on any atom is 0.328 e. The van der Waals surface area contributed by atoms with Crippen LogP contribution in [0.5, 0.6) is 0 Å². The SMILES string of the molecule is CCCNC(=O)/C=C\c1nc2c(C)cc(C)nc2n1-c1ccc(CCNC(=O)NS(=O)(=O)c2ccc(C)cc2)cc1. The van der Waals surface area contributed by atoms with Gasteiger partial charge in [-0.25, -0.2) is 27.9 Å². The first-order valence-electron chi connectivity index (χ1n) is 13.4. The van der Waals surface area contributed by atoms with Gasteiger partial charge in [0, 0.05) is 30.5 Å². The highest BCUT2D eigenvalue weighted by Crippen LogP contribution is 2.24. The average Bonchev–Trinajstić information content (AvgIpc) is 3.29. The number of nitrogens with one attached hydrogen (secondary N) is 3. The summed E-state index contributed by atoms with van der Waals surface area (Å²) in [7, 11) is -3.95. The lowest BCUT2D eigenvalue weighted by molar-refractivity contribution is -0.116. The van der Waals surface area contributed by atoms with E-state index in [-0.39, 0.29) is 17.3 Å². The molecule has 0 radical (unpaired) electrons. The second-order valence-electron chi connectivity index (χ2n) is 9.77. The summed E-state index contributed by atoms with van der Waals surface area (Å²) < 4.78 is 28.8. The lowest BCUT2D eigenvalue weighted by Crippen LogP contribution is -2.40. The van der Waals surface area contributed by atoms with Crippen LogP contribution < -0.4 is 15.4 Å². The van der Waals surface area contributed by atoms with Crippen LogP contribution in [0.15, 0.2) is 65.6 Å². The van der Waals surface area contributed by atoms with Crippen LogP contribution in [-0.2, 0) is 21.2 Å². The zero-order valence-electron chi connectivity index (χ0n) is 23.6. The Labute approximate surface area is 240 Å². The summed E-state index contributed by atoms with van der Waals surface area (Å²) in [5, 5.41) is 5.42. The molecule has 0 spiro atoms. The van der Waals surface area contributed by atoms with Crippen molar-refractivity contribution in [2.75, 3.05) is 13.1 Å². The average molecular weight is 575 g/mol. The molecule has 3 amide bonds. The van der Waals surface area contributed by atoms with Crippen molar-refractivity contribution in [1.82, 2.24) is 29.9 Å². The molecule has 0 fully saturated rings. The molecule has 2 heterocycles. The quantitative estimate of drug-likeness (QED) is 0.244. The Kier molecular flexibility index (Phi) is 9.18. The van der Waals surface area contributed by atoms with Crippen LogP contribution in [0.3, 0.4) is 0 Å². The predicted molar refractivity (Wildman–Crippen MR) is 159 cm³/mol. The number of carbonyl (C=O) groups excluding carboxylic acids is 2. The predicted octanol–water partition coefficient (Wildman–Crippen LogP) is 4.12. The van der Waals surface area contributed by atoms with E-state index in [1.807, 2.05) is 67.3 Å². The number of hydrogen-bond donors (Lipinski definition) is 3. The van der Waals surface area contributed by atoms with Crippen molar-refractivity contribution < 1.29 is 18.0 Å². The summed E-state index contributed by atoms with van der Waals surface area (Å²) in [6, 6.07) is 15.1. The molecule has 3 N–H and O–H groups in total. The van der Waals surface area contributed by atoms with Crippen LogP contribution in [0.4, 0.5) is 4.79 Å². The highest BCUT2D eigenvalue weighted by molar-refractivity contribution is 7.90. The topological polar surface area (TPSA) is 135 Å². The van der Waals surface area contributed by atoms with Gasteiger partial charge in [0.1, 0.15) is 11.3 Å². The van der Waals surface area contributed by atoms with Crippen molar-refractivity contribution in [3.8, 4) is 5.69 Å². The Morgan fingerprint density at radius 3 is 2.32 bits per heavy atom. The number of fused-ring (bicyclic) bond motifs is 1. The zero-order valence-corrected chi connectivity index (χ0v) is 24.4. The van der Waals surface area contributed by atoms with Crippen LogP contribution in [0.2, 0.25) is 0 Å². The van der Waals surface area contributed by atoms with E-state index in [0.29, 0.717) is 24.4 Å². The van der Waals surface area contributed by atoms with E-state index < -0.39 is 16.1 Å². The molecule has 0 aliphatic heterocycles. The third-order valence-electron chi connectivity index (χ3n) is 6.35. The number of sulfonamides is 1. The number of imidazole rings is 1. The molecule has 0 aliphatic carbocycles. The zero-order chi connectivity index (χ0) is 29.6. The van der Waals surface area contributed by atoms with Gasteiger partial charge >= 0.3 is 6.03 Å². The fourth-order valence-corrected chi connectivity index (χ4v) is 5.20. The summed E-state index contributed by atoms with van der Waals surface area (Å²) in [6.07, 6.45) is 4.49. The molecule has 11 heteroatoms. The Balaban J connectivity index is 1.46. The monoisotopic (exact) mass is 574 g/mol. The smallest absolute Gasteiger partial charge is 0.328 e. The van der Waals surface area contributed by atoms with Crippen molar-refractivity contribution in [3.05, 3.63) is 88.9 Å². The lowest BCUT2D eigenvalue weighted by Gasteiger charge is -2.10. The van der Waals surface area contributed by atoms with Crippen molar-refractivity contribution in [3.63, 3.8) is 0 Å². The minimum atomic E-state index is -3.95. The van der Waals surface area contributed by atoms with Crippen molar-refractivity contribution >= 4 is 39.2 Å². The molecule has 10 nitrogen and oxygen atoms in total. The number of urea groups is 1. The first-order valence-corrected chi connectivity index (χ1v) is 14.8. The van der Waals surface area contributed by atoms with Gasteiger partial charge in [-0.2, -0.15) is 0 Å². The third-order valence-corrected chi connectivity index (χ3v) is 7.69. The molecule has 0 unspecified atom stereocenters. The fraction of sp³-hybridized carbons (Fsp3) is 0.267. The van der Waals surface area contributed by atoms with Crippen LogP contribution >= 0.6 is 0 Å². The molecular formula is C30H34N6O4S. The Morgan fingerprint density at radius 2 is 1.63 bits per heavy atom. The normalized spacial score (nSPS) is 11.6. The molecule has 0 atom stereocenters. The second-order valence-corrected chi connectivity index (χ2v) is 11.5. The summed E-state index contributed by atoms with van der Waals surface area (Å²) in [5.41, 5.74) is 5.97. The number of aryl methyl sites for hydroxylation is 3. The van der Waals surface area contributed by atoms with Gasteiger partial charge in [0.2, 0.25) is 5.91 Å². The molecule has 0 bridgehead atoms. The van der Waals surface area contributed by atoms with E-state index in [2.05, 4.69) is 10.6 Å². The summed E-state index contributed by atoms with van der Waals surface area (Å²) in [6.45, 7) is 8.59. The Bertz CT molecular complexity index is 1690. The summed E-state index contributed by atoms with van der Waals surface area (Å²) in [4.78, 5) is 33.9. The molecule has 2 aromatic heterocycles. The van der Waals surface area contributed by atoms with Gasteiger partial charge in [-0.3, -0.25) is 9.36 Å². The number of hydrogen-bond acceptors (Lipinski definition) is 6. The van der Waals surface area contributed by atoms with E-state index in [9.17, 15) is 18.0 Å². The highest BCUT2D eigenvalue weighted by atomic mass is 32.2. The first-order chi connectivity index (χ1) is 19.6. The highest BCUT2D eigenvalue weighted by Gasteiger charge is 2.17. The second kappa shape index (κ2) is 12.8. The molecule has 4 aromatic rings. The number of carbonyl (C=O) groups is 2. The first kappa shape index (κ1) is 29.5. The van der Waals surface area contributed by atoms with Crippen LogP contribution in [0.25, 0.3) is 22.9 Å². The van der Waals surface area contributed by atoms with Gasteiger partial charge in [-0.05, 0) is 81.1 Å². The van der Waals surface area contributed by atoms with Gasteiger partial charge in [0.25, 0.3) is 10.0 Å². The molecule has 0 aliphatic rings. The van der Waals surface area contributed by atoms with E-state index in [1.54, 1.807) is 18.2 Å². The summed E-state index contributed by atoms with van der Waals surface area (Å²) >= 11 is 0. The van der Waals surface area contributed by atoms with Gasteiger partial charge < -0.3 is 10.6 Å². The number of pyridine rings is 1. The summed E-state index contributed by atoms with van der Waals surface area (Å²) in [5.74, 6) is 0.388. The molecule has 2 aromatic carbocycles. The third kappa shape index (κ3) is 7.37. The fourth-order valence-electron chi connectivity index (χ4n) is 4.27. The van der Waals surface area contributed by atoms with E-state index in [0.717, 1.165) is 40.0 Å². The standard InChI is InChI=1S/C30H34N6O4S/c1-5-17-31-27(37)15-14-26-34-28-21(3)19-22(4)33-29(28)36(26)24-10-8-23(9-11-24)16-18-32-30(38)35-41(39,40)25-12-6-20(2)7-13-25/h6-15,19H,5,16-18H2,1-4H3,(H,31,37)(H2,32,35,38)/b15-14-. The number of aromatic nitrogens is 3. The Hall–Kier alpha value is -4.51. The minimum absolute atomic E-state index is 0.0246. The van der Waals surface area contributed by atoms with Gasteiger partial charge in [0.05, 0.1) is 4.90 Å². The molecule has 0 saturated carbocycles. The van der Waals surface area contributed by atoms with E-state index in [1.165, 1.54) is 18.2 Å². The van der Waals surface area contributed by atoms with Gasteiger partial charge in [-0.15, -0.1) is 0 Å². The maximum absolute atomic E-state index is 12.4. The van der Waals surface area contributed by atoms with E-state index >= 15 is 0 Å². The molecule has 41 heavy (non-hydrogen) atoms. The van der Waals surface area contributed by atoms with Crippen molar-refractivity contribution in [1.29, 1.82) is 0 Å². The number of rotatable bonds is 10. The van der Waals surface area contributed by atoms with Crippen LogP contribution in [0, 0.1) is 20.8 Å².